The number of Topliss-reactive ketones (excluding diaryl/α,β-unsaturated/α-hetero) is 1. The third-order valence-electron chi connectivity index (χ3n) is 1.84. The van der Waals surface area contributed by atoms with Crippen molar-refractivity contribution in [3.8, 4) is 0 Å². The Morgan fingerprint density at radius 3 is 2.92 bits per heavy atom. The van der Waals surface area contributed by atoms with Crippen LogP contribution in [0.15, 0.2) is 6.20 Å². The molecular weight excluding hydrogens is 166 g/mol. The zero-order chi connectivity index (χ0) is 9.68. The van der Waals surface area contributed by atoms with Gasteiger partial charge in [0.25, 0.3) is 0 Å². The van der Waals surface area contributed by atoms with Crippen LogP contribution in [0.3, 0.4) is 0 Å². The van der Waals surface area contributed by atoms with E-state index in [0.29, 0.717) is 12.8 Å². The molecule has 13 heavy (non-hydrogen) atoms. The summed E-state index contributed by atoms with van der Waals surface area (Å²) in [6.07, 6.45) is 4.90. The first-order valence-electron chi connectivity index (χ1n) is 4.59. The highest BCUT2D eigenvalue weighted by Gasteiger charge is 2.05. The van der Waals surface area contributed by atoms with Crippen molar-refractivity contribution in [2.75, 3.05) is 0 Å². The lowest BCUT2D eigenvalue weighted by Crippen LogP contribution is -2.02. The van der Waals surface area contributed by atoms with Crippen molar-refractivity contribution in [1.82, 2.24) is 15.0 Å². The quantitative estimate of drug-likeness (QED) is 0.683. The number of rotatable bonds is 5. The number of ketones is 1. The van der Waals surface area contributed by atoms with Crippen molar-refractivity contribution in [2.24, 2.45) is 7.05 Å². The molecule has 0 aliphatic carbocycles. The molecule has 0 spiro atoms. The molecular formula is C9H15N3O. The van der Waals surface area contributed by atoms with Gasteiger partial charge in [-0.3, -0.25) is 9.48 Å². The molecule has 1 heterocycles. The minimum atomic E-state index is 0.252. The van der Waals surface area contributed by atoms with Gasteiger partial charge in [0, 0.05) is 19.7 Å². The molecule has 0 atom stereocenters. The van der Waals surface area contributed by atoms with Gasteiger partial charge < -0.3 is 0 Å². The van der Waals surface area contributed by atoms with Crippen LogP contribution < -0.4 is 0 Å². The molecule has 0 amide bonds. The molecule has 0 radical (unpaired) electrons. The van der Waals surface area contributed by atoms with Crippen molar-refractivity contribution in [3.63, 3.8) is 0 Å². The number of unbranched alkanes of at least 4 members (excludes halogenated alkanes) is 1. The fourth-order valence-electron chi connectivity index (χ4n) is 1.14. The van der Waals surface area contributed by atoms with Crippen LogP contribution in [0, 0.1) is 0 Å². The highest BCUT2D eigenvalue weighted by molar-refractivity contribution is 5.80. The standard InChI is InChI=1S/C9H15N3O/c1-3-4-5-9(13)6-8-7-12(2)11-10-8/h7H,3-6H2,1-2H3. The Bertz CT molecular complexity index is 280. The van der Waals surface area contributed by atoms with Crippen LogP contribution in [0.2, 0.25) is 0 Å². The molecule has 0 bridgehead atoms. The second-order valence-corrected chi connectivity index (χ2v) is 3.20. The van der Waals surface area contributed by atoms with E-state index >= 15 is 0 Å². The highest BCUT2D eigenvalue weighted by Crippen LogP contribution is 2.01. The van der Waals surface area contributed by atoms with Crippen LogP contribution in [0.4, 0.5) is 0 Å². The molecule has 0 aliphatic heterocycles. The summed E-state index contributed by atoms with van der Waals surface area (Å²) in [5.74, 6) is 0.252. The van der Waals surface area contributed by atoms with Gasteiger partial charge in [0.15, 0.2) is 0 Å². The summed E-state index contributed by atoms with van der Waals surface area (Å²) in [6, 6.07) is 0. The average molecular weight is 181 g/mol. The van der Waals surface area contributed by atoms with E-state index in [1.165, 1.54) is 0 Å². The van der Waals surface area contributed by atoms with Gasteiger partial charge >= 0.3 is 0 Å². The van der Waals surface area contributed by atoms with Crippen LogP contribution in [0.25, 0.3) is 0 Å². The second-order valence-electron chi connectivity index (χ2n) is 3.20. The summed E-state index contributed by atoms with van der Waals surface area (Å²) in [5, 5.41) is 7.62. The van der Waals surface area contributed by atoms with Gasteiger partial charge in [-0.15, -0.1) is 5.10 Å². The zero-order valence-corrected chi connectivity index (χ0v) is 8.16. The summed E-state index contributed by atoms with van der Waals surface area (Å²) < 4.78 is 1.61. The van der Waals surface area contributed by atoms with Crippen molar-refractivity contribution >= 4 is 5.78 Å². The summed E-state index contributed by atoms with van der Waals surface area (Å²) in [4.78, 5) is 11.3. The van der Waals surface area contributed by atoms with Gasteiger partial charge in [-0.05, 0) is 6.42 Å². The lowest BCUT2D eigenvalue weighted by atomic mass is 10.1. The largest absolute Gasteiger partial charge is 0.299 e. The van der Waals surface area contributed by atoms with Crippen molar-refractivity contribution in [2.45, 2.75) is 32.6 Å². The van der Waals surface area contributed by atoms with E-state index in [1.54, 1.807) is 17.9 Å². The average Bonchev–Trinajstić information content (AvgIpc) is 2.48. The van der Waals surface area contributed by atoms with Gasteiger partial charge in [-0.1, -0.05) is 18.6 Å². The van der Waals surface area contributed by atoms with E-state index in [1.807, 2.05) is 0 Å². The van der Waals surface area contributed by atoms with E-state index in [-0.39, 0.29) is 5.78 Å². The smallest absolute Gasteiger partial charge is 0.138 e. The van der Waals surface area contributed by atoms with Crippen LogP contribution in [0.5, 0.6) is 0 Å². The van der Waals surface area contributed by atoms with Crippen molar-refractivity contribution in [3.05, 3.63) is 11.9 Å². The monoisotopic (exact) mass is 181 g/mol. The zero-order valence-electron chi connectivity index (χ0n) is 8.16. The molecule has 0 fully saturated rings. The molecule has 0 saturated heterocycles. The Balaban J connectivity index is 2.36. The fourth-order valence-corrected chi connectivity index (χ4v) is 1.14. The number of hydrogen-bond donors (Lipinski definition) is 0. The predicted octanol–water partition coefficient (Wildman–Crippen LogP) is 1.12. The maximum Gasteiger partial charge on any atom is 0.138 e. The molecule has 0 aromatic carbocycles. The maximum atomic E-state index is 11.3. The summed E-state index contributed by atoms with van der Waals surface area (Å²) in [7, 11) is 1.80. The Morgan fingerprint density at radius 2 is 2.38 bits per heavy atom. The highest BCUT2D eigenvalue weighted by atomic mass is 16.1. The predicted molar refractivity (Wildman–Crippen MR) is 49.2 cm³/mol. The first kappa shape index (κ1) is 9.89. The number of carbonyl (C=O) groups is 1. The number of hydrogen-bond acceptors (Lipinski definition) is 3. The van der Waals surface area contributed by atoms with Gasteiger partial charge in [0.05, 0.1) is 12.1 Å². The third-order valence-corrected chi connectivity index (χ3v) is 1.84. The van der Waals surface area contributed by atoms with Crippen LogP contribution >= 0.6 is 0 Å². The Hall–Kier alpha value is -1.19. The van der Waals surface area contributed by atoms with Crippen LogP contribution in [-0.2, 0) is 18.3 Å². The van der Waals surface area contributed by atoms with Gasteiger partial charge in [0.2, 0.25) is 0 Å². The first-order valence-corrected chi connectivity index (χ1v) is 4.59. The Kier molecular flexibility index (Phi) is 3.61. The summed E-state index contributed by atoms with van der Waals surface area (Å²) in [5.41, 5.74) is 0.767. The maximum absolute atomic E-state index is 11.3. The Labute approximate surface area is 77.9 Å². The number of carbonyl (C=O) groups excluding carboxylic acids is 1. The van der Waals surface area contributed by atoms with E-state index in [2.05, 4.69) is 17.2 Å². The molecule has 0 saturated carbocycles. The topological polar surface area (TPSA) is 47.8 Å². The number of aromatic nitrogens is 3. The van der Waals surface area contributed by atoms with E-state index in [9.17, 15) is 4.79 Å². The van der Waals surface area contributed by atoms with E-state index in [0.717, 1.165) is 18.5 Å². The third kappa shape index (κ3) is 3.36. The van der Waals surface area contributed by atoms with Gasteiger partial charge in [-0.25, -0.2) is 0 Å². The van der Waals surface area contributed by atoms with Gasteiger partial charge in [0.1, 0.15) is 5.78 Å². The van der Waals surface area contributed by atoms with Crippen molar-refractivity contribution in [1.29, 1.82) is 0 Å². The normalized spacial score (nSPS) is 10.3. The molecule has 0 unspecified atom stereocenters. The lowest BCUT2D eigenvalue weighted by molar-refractivity contribution is -0.118. The molecule has 0 aliphatic rings. The molecule has 1 aromatic rings. The minimum absolute atomic E-state index is 0.252. The number of nitrogens with zero attached hydrogens (tertiary/aromatic N) is 3. The second kappa shape index (κ2) is 4.74. The Morgan fingerprint density at radius 1 is 1.62 bits per heavy atom. The van der Waals surface area contributed by atoms with E-state index in [4.69, 9.17) is 0 Å². The fraction of sp³-hybridized carbons (Fsp3) is 0.667. The van der Waals surface area contributed by atoms with Crippen LogP contribution in [-0.4, -0.2) is 20.8 Å². The molecule has 0 N–H and O–H groups in total. The molecule has 4 nitrogen and oxygen atoms in total. The molecule has 4 heteroatoms. The summed E-state index contributed by atoms with van der Waals surface area (Å²) >= 11 is 0. The minimum Gasteiger partial charge on any atom is -0.299 e. The van der Waals surface area contributed by atoms with Crippen LogP contribution in [0.1, 0.15) is 31.9 Å². The van der Waals surface area contributed by atoms with Gasteiger partial charge in [-0.2, -0.15) is 0 Å². The molecule has 1 rings (SSSR count). The number of aryl methyl sites for hydroxylation is 1. The molecule has 72 valence electrons. The summed E-state index contributed by atoms with van der Waals surface area (Å²) in [6.45, 7) is 2.08. The first-order chi connectivity index (χ1) is 6.22. The van der Waals surface area contributed by atoms with E-state index < -0.39 is 0 Å². The molecule has 1 aromatic heterocycles. The lowest BCUT2D eigenvalue weighted by Gasteiger charge is -1.94. The SMILES string of the molecule is CCCCC(=O)Cc1cn(C)nn1. The van der Waals surface area contributed by atoms with Crippen molar-refractivity contribution < 1.29 is 4.79 Å².